The molecule has 144 valence electrons. The number of carbonyl (C=O) groups is 1. The number of thiophene rings is 1. The fraction of sp³-hybridized carbons (Fsp3) is 0.500. The maximum atomic E-state index is 12.4. The van der Waals surface area contributed by atoms with Crippen LogP contribution in [0.1, 0.15) is 55.9 Å². The predicted octanol–water partition coefficient (Wildman–Crippen LogP) is 3.77. The number of amides is 2. The largest absolute Gasteiger partial charge is 0.335 e. The molecule has 1 aromatic heterocycles. The van der Waals surface area contributed by atoms with Crippen LogP contribution in [0.4, 0.5) is 10.5 Å². The molecule has 0 saturated carbocycles. The van der Waals surface area contributed by atoms with Crippen LogP contribution in [0.5, 0.6) is 0 Å². The molecule has 0 aliphatic carbocycles. The molecule has 4 rings (SSSR count). The van der Waals surface area contributed by atoms with Crippen LogP contribution in [0, 0.1) is 0 Å². The van der Waals surface area contributed by atoms with E-state index in [1.807, 2.05) is 23.5 Å². The Morgan fingerprint density at radius 2 is 1.85 bits per heavy atom. The van der Waals surface area contributed by atoms with Gasteiger partial charge in [-0.15, -0.1) is 11.3 Å². The summed E-state index contributed by atoms with van der Waals surface area (Å²) in [5, 5.41) is 8.39. The van der Waals surface area contributed by atoms with Gasteiger partial charge >= 0.3 is 6.03 Å². The van der Waals surface area contributed by atoms with Crippen LogP contribution in [0.25, 0.3) is 0 Å². The number of hydrogen-bond acceptors (Lipinski definition) is 2. The number of urea groups is 1. The van der Waals surface area contributed by atoms with Crippen LogP contribution in [-0.2, 0) is 6.54 Å². The average Bonchev–Trinajstić information content (AvgIpc) is 3.22. The van der Waals surface area contributed by atoms with E-state index in [1.54, 1.807) is 4.90 Å². The van der Waals surface area contributed by atoms with E-state index < -0.39 is 0 Å². The van der Waals surface area contributed by atoms with E-state index in [9.17, 15) is 4.79 Å². The highest BCUT2D eigenvalue weighted by Gasteiger charge is 2.44. The van der Waals surface area contributed by atoms with Crippen molar-refractivity contribution in [2.45, 2.75) is 70.1 Å². The minimum absolute atomic E-state index is 0.0709. The highest BCUT2D eigenvalue weighted by Crippen LogP contribution is 2.24. The maximum Gasteiger partial charge on any atom is 0.319 e. The van der Waals surface area contributed by atoms with Crippen molar-refractivity contribution in [3.8, 4) is 0 Å². The Morgan fingerprint density at radius 3 is 2.44 bits per heavy atom. The Labute approximate surface area is 166 Å². The second kappa shape index (κ2) is 8.03. The van der Waals surface area contributed by atoms with Crippen molar-refractivity contribution in [1.82, 2.24) is 5.32 Å². The normalized spacial score (nSPS) is 26.9. The van der Waals surface area contributed by atoms with Crippen LogP contribution >= 0.6 is 11.3 Å². The van der Waals surface area contributed by atoms with Crippen LogP contribution < -0.4 is 15.5 Å². The third kappa shape index (κ3) is 4.36. The average molecular weight is 385 g/mol. The number of nitrogens with one attached hydrogen (secondary N) is 3. The number of anilines is 1. The second-order valence-corrected chi connectivity index (χ2v) is 9.38. The van der Waals surface area contributed by atoms with Crippen molar-refractivity contribution >= 4 is 23.1 Å². The van der Waals surface area contributed by atoms with E-state index in [1.165, 1.54) is 23.3 Å². The van der Waals surface area contributed by atoms with Crippen LogP contribution in [-0.4, -0.2) is 24.2 Å². The molecule has 4 nitrogen and oxygen atoms in total. The van der Waals surface area contributed by atoms with Gasteiger partial charge in [0.2, 0.25) is 0 Å². The summed E-state index contributed by atoms with van der Waals surface area (Å²) in [6.07, 6.45) is 4.78. The molecule has 27 heavy (non-hydrogen) atoms. The van der Waals surface area contributed by atoms with Gasteiger partial charge in [-0.25, -0.2) is 4.79 Å². The minimum Gasteiger partial charge on any atom is -0.335 e. The zero-order valence-corrected chi connectivity index (χ0v) is 17.0. The Morgan fingerprint density at radius 1 is 1.15 bits per heavy atom. The number of rotatable bonds is 5. The van der Waals surface area contributed by atoms with Crippen molar-refractivity contribution in [3.05, 3.63) is 52.2 Å². The maximum absolute atomic E-state index is 12.4. The fourth-order valence-electron chi connectivity index (χ4n) is 4.75. The molecule has 2 aliphatic heterocycles. The molecule has 0 spiro atoms. The molecule has 3 N–H and O–H groups in total. The lowest BCUT2D eigenvalue weighted by Crippen LogP contribution is -3.17. The summed E-state index contributed by atoms with van der Waals surface area (Å²) >= 11 is 1.86. The van der Waals surface area contributed by atoms with Gasteiger partial charge in [0.15, 0.2) is 0 Å². The van der Waals surface area contributed by atoms with Crippen molar-refractivity contribution in [1.29, 1.82) is 0 Å². The lowest BCUT2D eigenvalue weighted by Gasteiger charge is -2.36. The molecule has 2 amide bonds. The van der Waals surface area contributed by atoms with Crippen LogP contribution in [0.15, 0.2) is 41.8 Å². The second-order valence-electron chi connectivity index (χ2n) is 8.35. The molecular weight excluding hydrogens is 354 g/mol. The van der Waals surface area contributed by atoms with Crippen molar-refractivity contribution in [2.24, 2.45) is 0 Å². The number of quaternary nitrogens is 1. The molecule has 1 aromatic carbocycles. The molecule has 5 heteroatoms. The molecule has 3 heterocycles. The van der Waals surface area contributed by atoms with E-state index in [0.717, 1.165) is 25.1 Å². The van der Waals surface area contributed by atoms with Crippen molar-refractivity contribution in [2.75, 3.05) is 5.32 Å². The number of benzene rings is 1. The van der Waals surface area contributed by atoms with Gasteiger partial charge in [0.1, 0.15) is 6.54 Å². The number of piperidine rings is 1. The summed E-state index contributed by atoms with van der Waals surface area (Å²) in [5.41, 5.74) is 2.15. The smallest absolute Gasteiger partial charge is 0.319 e. The van der Waals surface area contributed by atoms with E-state index in [4.69, 9.17) is 0 Å². The standard InChI is InChI=1S/C22H29N3OS/c1-15(2)16-5-7-17(8-6-16)23-22(26)24-18-12-19-9-10-20(13-18)25(19)14-21-4-3-11-27-21/h3-8,11,15,18-20H,9-10,12-14H2,1-2H3,(H2,23,24,26)/p+1/t18?,19-,20+. The Kier molecular flexibility index (Phi) is 5.50. The van der Waals surface area contributed by atoms with Gasteiger partial charge in [-0.2, -0.15) is 0 Å². The van der Waals surface area contributed by atoms with Gasteiger partial charge in [-0.05, 0) is 35.1 Å². The van der Waals surface area contributed by atoms with E-state index in [-0.39, 0.29) is 6.03 Å². The van der Waals surface area contributed by atoms with Crippen LogP contribution in [0.3, 0.4) is 0 Å². The number of hydrogen-bond donors (Lipinski definition) is 3. The molecular formula is C22H30N3OS+. The third-order valence-electron chi connectivity index (χ3n) is 6.18. The highest BCUT2D eigenvalue weighted by molar-refractivity contribution is 7.09. The SMILES string of the molecule is CC(C)c1ccc(NC(=O)NC2C[C@H]3CC[C@@H](C2)[NH+]3Cc2cccs2)cc1. The number of fused-ring (bicyclic) bond motifs is 2. The Balaban J connectivity index is 1.30. The molecule has 2 unspecified atom stereocenters. The van der Waals surface area contributed by atoms with Crippen molar-refractivity contribution in [3.63, 3.8) is 0 Å². The molecule has 2 fully saturated rings. The first-order chi connectivity index (χ1) is 13.1. The van der Waals surface area contributed by atoms with E-state index in [0.29, 0.717) is 24.0 Å². The first-order valence-electron chi connectivity index (χ1n) is 10.1. The Hall–Kier alpha value is -1.85. The van der Waals surface area contributed by atoms with E-state index >= 15 is 0 Å². The highest BCUT2D eigenvalue weighted by atomic mass is 32.1. The molecule has 2 aliphatic rings. The van der Waals surface area contributed by atoms with Gasteiger partial charge < -0.3 is 15.5 Å². The number of carbonyl (C=O) groups excluding carboxylic acids is 1. The first-order valence-corrected chi connectivity index (χ1v) is 11.0. The molecule has 4 atom stereocenters. The lowest BCUT2D eigenvalue weighted by molar-refractivity contribution is -0.954. The zero-order valence-electron chi connectivity index (χ0n) is 16.2. The molecule has 2 bridgehead atoms. The molecule has 2 saturated heterocycles. The van der Waals surface area contributed by atoms with Gasteiger partial charge in [0.25, 0.3) is 0 Å². The molecule has 2 aromatic rings. The minimum atomic E-state index is -0.0709. The molecule has 0 radical (unpaired) electrons. The third-order valence-corrected chi connectivity index (χ3v) is 7.06. The van der Waals surface area contributed by atoms with E-state index in [2.05, 4.69) is 54.1 Å². The fourth-order valence-corrected chi connectivity index (χ4v) is 5.49. The van der Waals surface area contributed by atoms with Crippen LogP contribution in [0.2, 0.25) is 0 Å². The Bertz CT molecular complexity index is 742. The summed E-state index contributed by atoms with van der Waals surface area (Å²) in [6, 6.07) is 14.2. The van der Waals surface area contributed by atoms with Gasteiger partial charge in [0, 0.05) is 37.4 Å². The van der Waals surface area contributed by atoms with Gasteiger partial charge in [-0.3, -0.25) is 0 Å². The zero-order chi connectivity index (χ0) is 18.8. The van der Waals surface area contributed by atoms with Gasteiger partial charge in [-0.1, -0.05) is 32.0 Å². The summed E-state index contributed by atoms with van der Waals surface area (Å²) in [4.78, 5) is 15.7. The summed E-state index contributed by atoms with van der Waals surface area (Å²) in [5.74, 6) is 0.505. The lowest BCUT2D eigenvalue weighted by atomic mass is 9.97. The topological polar surface area (TPSA) is 45.6 Å². The van der Waals surface area contributed by atoms with Crippen molar-refractivity contribution < 1.29 is 9.69 Å². The van der Waals surface area contributed by atoms with Gasteiger partial charge in [0.05, 0.1) is 17.0 Å². The summed E-state index contributed by atoms with van der Waals surface area (Å²) < 4.78 is 0. The summed E-state index contributed by atoms with van der Waals surface area (Å²) in [6.45, 7) is 5.50. The first kappa shape index (κ1) is 18.5. The quantitative estimate of drug-likeness (QED) is 0.722. The monoisotopic (exact) mass is 384 g/mol. The summed E-state index contributed by atoms with van der Waals surface area (Å²) in [7, 11) is 0. The predicted molar refractivity (Wildman–Crippen MR) is 112 cm³/mol.